The predicted octanol–water partition coefficient (Wildman–Crippen LogP) is 4.53. The number of aromatic nitrogens is 1. The SMILES string of the molecule is O=C(Oc1ccc(Cl)cc1)c1csc(C2COc3ccccc3O2)n1. The lowest BCUT2D eigenvalue weighted by molar-refractivity contribution is 0.0725. The van der Waals surface area contributed by atoms with Crippen molar-refractivity contribution < 1.29 is 19.0 Å². The Kier molecular flexibility index (Phi) is 4.29. The maximum Gasteiger partial charge on any atom is 0.363 e. The highest BCUT2D eigenvalue weighted by molar-refractivity contribution is 7.09. The number of hydrogen-bond donors (Lipinski definition) is 0. The van der Waals surface area contributed by atoms with Crippen molar-refractivity contribution >= 4 is 28.9 Å². The Labute approximate surface area is 152 Å². The van der Waals surface area contributed by atoms with Crippen LogP contribution in [0.25, 0.3) is 0 Å². The summed E-state index contributed by atoms with van der Waals surface area (Å²) in [6, 6.07) is 14.0. The van der Waals surface area contributed by atoms with Crippen molar-refractivity contribution in [2.75, 3.05) is 6.61 Å². The number of benzene rings is 2. The summed E-state index contributed by atoms with van der Waals surface area (Å²) in [6.45, 7) is 0.343. The van der Waals surface area contributed by atoms with Gasteiger partial charge in [0.05, 0.1) is 0 Å². The van der Waals surface area contributed by atoms with Crippen LogP contribution in [0.15, 0.2) is 53.9 Å². The zero-order valence-electron chi connectivity index (χ0n) is 12.8. The maximum absolute atomic E-state index is 12.2. The molecule has 0 amide bonds. The van der Waals surface area contributed by atoms with E-state index in [1.165, 1.54) is 11.3 Å². The third-order valence-corrected chi connectivity index (χ3v) is 4.73. The lowest BCUT2D eigenvalue weighted by atomic mass is 10.2. The number of ether oxygens (including phenoxy) is 3. The van der Waals surface area contributed by atoms with Crippen molar-refractivity contribution in [1.82, 2.24) is 4.98 Å². The van der Waals surface area contributed by atoms with Gasteiger partial charge in [0, 0.05) is 10.4 Å². The molecule has 2 aromatic carbocycles. The topological polar surface area (TPSA) is 57.7 Å². The van der Waals surface area contributed by atoms with Crippen LogP contribution < -0.4 is 14.2 Å². The Hall–Kier alpha value is -2.57. The molecule has 0 fully saturated rings. The molecule has 0 saturated heterocycles. The molecular weight excluding hydrogens is 362 g/mol. The van der Waals surface area contributed by atoms with Gasteiger partial charge in [0.1, 0.15) is 17.4 Å². The fraction of sp³-hybridized carbons (Fsp3) is 0.111. The second-order valence-electron chi connectivity index (χ2n) is 5.28. The van der Waals surface area contributed by atoms with E-state index in [4.69, 9.17) is 25.8 Å². The van der Waals surface area contributed by atoms with Gasteiger partial charge in [0.15, 0.2) is 23.3 Å². The highest BCUT2D eigenvalue weighted by atomic mass is 35.5. The van der Waals surface area contributed by atoms with Gasteiger partial charge in [0.25, 0.3) is 0 Å². The maximum atomic E-state index is 12.2. The average Bonchev–Trinajstić information content (AvgIpc) is 3.13. The van der Waals surface area contributed by atoms with E-state index in [0.29, 0.717) is 33.9 Å². The van der Waals surface area contributed by atoms with Gasteiger partial charge >= 0.3 is 5.97 Å². The van der Waals surface area contributed by atoms with Crippen molar-refractivity contribution in [3.63, 3.8) is 0 Å². The first kappa shape index (κ1) is 15.9. The molecule has 1 unspecified atom stereocenters. The average molecular weight is 374 g/mol. The Balaban J connectivity index is 1.47. The highest BCUT2D eigenvalue weighted by Gasteiger charge is 2.26. The minimum atomic E-state index is -0.526. The van der Waals surface area contributed by atoms with Gasteiger partial charge in [-0.3, -0.25) is 0 Å². The highest BCUT2D eigenvalue weighted by Crippen LogP contribution is 2.36. The van der Waals surface area contributed by atoms with Gasteiger partial charge < -0.3 is 14.2 Å². The van der Waals surface area contributed by atoms with E-state index in [-0.39, 0.29) is 11.8 Å². The van der Waals surface area contributed by atoms with E-state index in [1.807, 2.05) is 24.3 Å². The van der Waals surface area contributed by atoms with E-state index < -0.39 is 5.97 Å². The number of thiazole rings is 1. The Morgan fingerprint density at radius 2 is 1.92 bits per heavy atom. The fourth-order valence-electron chi connectivity index (χ4n) is 2.33. The molecule has 1 aliphatic heterocycles. The van der Waals surface area contributed by atoms with Gasteiger partial charge in [-0.1, -0.05) is 23.7 Å². The Morgan fingerprint density at radius 3 is 2.72 bits per heavy atom. The Bertz CT molecular complexity index is 909. The lowest BCUT2D eigenvalue weighted by Gasteiger charge is -2.24. The first-order chi connectivity index (χ1) is 12.2. The van der Waals surface area contributed by atoms with Crippen LogP contribution in [0.1, 0.15) is 21.6 Å². The molecule has 4 rings (SSSR count). The van der Waals surface area contributed by atoms with Crippen LogP contribution in [0, 0.1) is 0 Å². The molecule has 5 nitrogen and oxygen atoms in total. The molecule has 0 saturated carbocycles. The summed E-state index contributed by atoms with van der Waals surface area (Å²) in [6.07, 6.45) is -0.350. The van der Waals surface area contributed by atoms with Crippen molar-refractivity contribution in [1.29, 1.82) is 0 Å². The number of carbonyl (C=O) groups excluding carboxylic acids is 1. The summed E-state index contributed by atoms with van der Waals surface area (Å²) in [4.78, 5) is 16.5. The number of halogens is 1. The Morgan fingerprint density at radius 1 is 1.16 bits per heavy atom. The van der Waals surface area contributed by atoms with E-state index in [1.54, 1.807) is 29.6 Å². The van der Waals surface area contributed by atoms with Crippen LogP contribution in [0.4, 0.5) is 0 Å². The fourth-order valence-corrected chi connectivity index (χ4v) is 3.26. The van der Waals surface area contributed by atoms with Gasteiger partial charge in [-0.25, -0.2) is 9.78 Å². The summed E-state index contributed by atoms with van der Waals surface area (Å²) in [7, 11) is 0. The van der Waals surface area contributed by atoms with Crippen molar-refractivity contribution in [2.45, 2.75) is 6.10 Å². The quantitative estimate of drug-likeness (QED) is 0.498. The van der Waals surface area contributed by atoms with Crippen LogP contribution in [0.3, 0.4) is 0 Å². The second-order valence-corrected chi connectivity index (χ2v) is 6.60. The molecule has 2 heterocycles. The van der Waals surface area contributed by atoms with Crippen LogP contribution in [0.2, 0.25) is 5.02 Å². The number of fused-ring (bicyclic) bond motifs is 1. The predicted molar refractivity (Wildman–Crippen MR) is 93.8 cm³/mol. The molecule has 0 N–H and O–H groups in total. The second kappa shape index (κ2) is 6.74. The zero-order valence-corrected chi connectivity index (χ0v) is 14.4. The molecule has 126 valence electrons. The van der Waals surface area contributed by atoms with Gasteiger partial charge in [-0.05, 0) is 36.4 Å². The van der Waals surface area contributed by atoms with E-state index in [0.717, 1.165) is 0 Å². The van der Waals surface area contributed by atoms with Crippen molar-refractivity contribution in [2.24, 2.45) is 0 Å². The van der Waals surface area contributed by atoms with Crippen LogP contribution in [-0.4, -0.2) is 17.6 Å². The van der Waals surface area contributed by atoms with Crippen LogP contribution in [-0.2, 0) is 0 Å². The van der Waals surface area contributed by atoms with E-state index >= 15 is 0 Å². The molecule has 1 aromatic heterocycles. The van der Waals surface area contributed by atoms with E-state index in [2.05, 4.69) is 4.98 Å². The number of rotatable bonds is 3. The number of esters is 1. The third-order valence-electron chi connectivity index (χ3n) is 3.54. The van der Waals surface area contributed by atoms with Gasteiger partial charge in [0.2, 0.25) is 0 Å². The number of para-hydroxylation sites is 2. The summed E-state index contributed by atoms with van der Waals surface area (Å²) < 4.78 is 16.9. The monoisotopic (exact) mass is 373 g/mol. The molecular formula is C18H12ClNO4S. The number of hydrogen-bond acceptors (Lipinski definition) is 6. The summed E-state index contributed by atoms with van der Waals surface area (Å²) >= 11 is 7.15. The van der Waals surface area contributed by atoms with Gasteiger partial charge in [-0.2, -0.15) is 0 Å². The van der Waals surface area contributed by atoms with Crippen LogP contribution in [0.5, 0.6) is 17.2 Å². The smallest absolute Gasteiger partial charge is 0.363 e. The lowest BCUT2D eigenvalue weighted by Crippen LogP contribution is -2.21. The summed E-state index contributed by atoms with van der Waals surface area (Å²) in [5.74, 6) is 1.26. The molecule has 0 aliphatic carbocycles. The molecule has 7 heteroatoms. The minimum Gasteiger partial charge on any atom is -0.485 e. The van der Waals surface area contributed by atoms with Crippen molar-refractivity contribution in [3.8, 4) is 17.2 Å². The molecule has 1 aliphatic rings. The normalized spacial score (nSPS) is 15.6. The molecule has 25 heavy (non-hydrogen) atoms. The molecule has 1 atom stereocenters. The zero-order chi connectivity index (χ0) is 17.2. The summed E-state index contributed by atoms with van der Waals surface area (Å²) in [5.41, 5.74) is 0.234. The summed E-state index contributed by atoms with van der Waals surface area (Å²) in [5, 5.41) is 2.89. The third kappa shape index (κ3) is 3.45. The largest absolute Gasteiger partial charge is 0.485 e. The first-order valence-corrected chi connectivity index (χ1v) is 8.76. The standard InChI is InChI=1S/C18H12ClNO4S/c19-11-5-7-12(8-6-11)23-18(21)13-10-25-17(20-13)16-9-22-14-3-1-2-4-15(14)24-16/h1-8,10,16H,9H2. The first-order valence-electron chi connectivity index (χ1n) is 7.51. The number of nitrogens with zero attached hydrogens (tertiary/aromatic N) is 1. The van der Waals surface area contributed by atoms with Crippen LogP contribution >= 0.6 is 22.9 Å². The van der Waals surface area contributed by atoms with Gasteiger partial charge in [-0.15, -0.1) is 11.3 Å². The minimum absolute atomic E-state index is 0.234. The van der Waals surface area contributed by atoms with E-state index in [9.17, 15) is 4.79 Å². The molecule has 0 radical (unpaired) electrons. The molecule has 0 spiro atoms. The molecule has 3 aromatic rings. The van der Waals surface area contributed by atoms with Crippen molar-refractivity contribution in [3.05, 3.63) is 69.6 Å². The number of carbonyl (C=O) groups is 1. The molecule has 0 bridgehead atoms.